The van der Waals surface area contributed by atoms with Gasteiger partial charge in [-0.1, -0.05) is 67.1 Å². The van der Waals surface area contributed by atoms with Gasteiger partial charge >= 0.3 is 7.40 Å². The zero-order valence-electron chi connectivity index (χ0n) is 14.5. The van der Waals surface area contributed by atoms with E-state index in [1.54, 1.807) is 0 Å². The zero-order valence-corrected chi connectivity index (χ0v) is 16.6. The van der Waals surface area contributed by atoms with Crippen molar-refractivity contribution in [3.63, 3.8) is 0 Å². The molecule has 3 nitrogen and oxygen atoms in total. The van der Waals surface area contributed by atoms with E-state index in [1.807, 2.05) is 60.7 Å². The number of benzene rings is 2. The molecule has 5 heteroatoms. The fourth-order valence-electron chi connectivity index (χ4n) is 3.20. The molecule has 2 aromatic rings. The smallest absolute Gasteiger partial charge is 0.317 e. The fourth-order valence-corrected chi connectivity index (χ4v) is 6.59. The molecule has 1 N–H and O–H groups in total. The fraction of sp³-hybridized carbons (Fsp3) is 0.400. The van der Waals surface area contributed by atoms with Gasteiger partial charge in [-0.25, -0.2) is 0 Å². The van der Waals surface area contributed by atoms with Crippen LogP contribution < -0.4 is 0 Å². The van der Waals surface area contributed by atoms with E-state index in [2.05, 4.69) is 8.93 Å². The van der Waals surface area contributed by atoms with Gasteiger partial charge < -0.3 is 5.11 Å². The van der Waals surface area contributed by atoms with Gasteiger partial charge in [0.05, 0.1) is 8.93 Å². The summed E-state index contributed by atoms with van der Waals surface area (Å²) in [6, 6.07) is 20.1. The number of rotatable bonds is 7. The molecule has 1 saturated carbocycles. The lowest BCUT2D eigenvalue weighted by molar-refractivity contribution is 0.0478. The Morgan fingerprint density at radius 2 is 1.24 bits per heavy atom. The highest BCUT2D eigenvalue weighted by atomic mass is 32.1. The van der Waals surface area contributed by atoms with Gasteiger partial charge in [-0.15, -0.1) is 0 Å². The lowest BCUT2D eigenvalue weighted by Crippen LogP contribution is -2.34. The highest BCUT2D eigenvalue weighted by Crippen LogP contribution is 2.79. The number of hydrogen-bond acceptors (Lipinski definition) is 3. The maximum atomic E-state index is 11.3. The monoisotopic (exact) mass is 377 g/mol. The Morgan fingerprint density at radius 1 is 0.800 bits per heavy atom. The topological polar surface area (TPSA) is 38.7 Å². The van der Waals surface area contributed by atoms with Gasteiger partial charge in [-0.05, 0) is 24.0 Å². The molecule has 134 valence electrons. The summed E-state index contributed by atoms with van der Waals surface area (Å²) in [4.78, 5) is 0. The molecule has 0 heterocycles. The summed E-state index contributed by atoms with van der Waals surface area (Å²) >= 11 is 0. The first kappa shape index (κ1) is 19.0. The van der Waals surface area contributed by atoms with Crippen molar-refractivity contribution in [1.82, 2.24) is 0 Å². The van der Waals surface area contributed by atoms with Crippen LogP contribution in [0.2, 0.25) is 0 Å². The summed E-state index contributed by atoms with van der Waals surface area (Å²) in [5, 5.41) is 10.4. The molecule has 0 spiro atoms. The molecule has 1 aliphatic rings. The van der Waals surface area contributed by atoms with E-state index in [-0.39, 0.29) is 0 Å². The lowest BCUT2D eigenvalue weighted by Gasteiger charge is -2.37. The number of aliphatic hydroxyl groups is 1. The van der Waals surface area contributed by atoms with Crippen LogP contribution in [0.5, 0.6) is 0 Å². The first-order valence-corrected chi connectivity index (χ1v) is 12.1. The minimum absolute atomic E-state index is 0.454. The minimum atomic E-state index is -2.52. The van der Waals surface area contributed by atoms with E-state index >= 15 is 0 Å². The molecule has 0 bridgehead atoms. The SMILES string of the molecule is OC1([P+](P)(OCc2ccccc2)OCc2ccccc2)CCCCC1. The molecular weight excluding hydrogens is 350 g/mol. The summed E-state index contributed by atoms with van der Waals surface area (Å²) < 4.78 is 12.6. The van der Waals surface area contributed by atoms with E-state index in [4.69, 9.17) is 9.05 Å². The highest BCUT2D eigenvalue weighted by Gasteiger charge is 2.59. The molecule has 1 unspecified atom stereocenters. The second kappa shape index (κ2) is 8.71. The van der Waals surface area contributed by atoms with Crippen molar-refractivity contribution >= 4 is 16.3 Å². The Bertz CT molecular complexity index is 599. The Balaban J connectivity index is 1.74. The van der Waals surface area contributed by atoms with Crippen LogP contribution in [-0.4, -0.2) is 10.4 Å². The summed E-state index contributed by atoms with van der Waals surface area (Å²) in [5.41, 5.74) is 2.19. The Kier molecular flexibility index (Phi) is 6.61. The van der Waals surface area contributed by atoms with Gasteiger partial charge in [0.25, 0.3) is 0 Å². The molecule has 25 heavy (non-hydrogen) atoms. The molecule has 0 radical (unpaired) electrons. The summed E-state index contributed by atoms with van der Waals surface area (Å²) in [5.74, 6) is 0. The van der Waals surface area contributed by atoms with Gasteiger partial charge in [-0.2, -0.15) is 9.05 Å². The van der Waals surface area contributed by atoms with Gasteiger partial charge in [0, 0.05) is 12.8 Å². The van der Waals surface area contributed by atoms with Crippen LogP contribution >= 0.6 is 16.3 Å². The zero-order chi connectivity index (χ0) is 17.6. The average molecular weight is 377 g/mol. The van der Waals surface area contributed by atoms with E-state index in [0.717, 1.165) is 36.8 Å². The second-order valence-electron chi connectivity index (χ2n) is 6.66. The van der Waals surface area contributed by atoms with Crippen LogP contribution in [0, 0.1) is 0 Å². The van der Waals surface area contributed by atoms with E-state index in [1.165, 1.54) is 6.42 Å². The third-order valence-electron chi connectivity index (χ3n) is 4.77. The van der Waals surface area contributed by atoms with Crippen molar-refractivity contribution in [3.05, 3.63) is 71.8 Å². The maximum absolute atomic E-state index is 11.3. The summed E-state index contributed by atoms with van der Waals surface area (Å²) in [7, 11) is 0.258. The Morgan fingerprint density at radius 3 is 1.68 bits per heavy atom. The standard InChI is InChI=1S/C20H27O3P2/c21-20(14-8-3-9-15-20)25(24,22-16-18-10-4-1-5-11-18)23-17-19-12-6-2-7-13-19/h1-2,4-7,10-13,21H,3,8-9,14-17,24H2/q+1. The number of hydrogen-bond donors (Lipinski definition) is 1. The van der Waals surface area contributed by atoms with Crippen LogP contribution in [0.1, 0.15) is 43.2 Å². The Labute approximate surface area is 153 Å². The molecule has 1 fully saturated rings. The normalized spacial score (nSPS) is 17.4. The van der Waals surface area contributed by atoms with Gasteiger partial charge in [0.1, 0.15) is 13.2 Å². The van der Waals surface area contributed by atoms with Gasteiger partial charge in [0.15, 0.2) is 0 Å². The molecule has 1 aliphatic carbocycles. The van der Waals surface area contributed by atoms with Crippen molar-refractivity contribution in [1.29, 1.82) is 0 Å². The quantitative estimate of drug-likeness (QED) is 0.628. The van der Waals surface area contributed by atoms with Crippen molar-refractivity contribution in [3.8, 4) is 0 Å². The predicted molar refractivity (Wildman–Crippen MR) is 107 cm³/mol. The third-order valence-corrected chi connectivity index (χ3v) is 9.74. The van der Waals surface area contributed by atoms with Crippen molar-refractivity contribution in [2.45, 2.75) is 50.7 Å². The van der Waals surface area contributed by atoms with E-state index < -0.39 is 12.7 Å². The molecule has 3 rings (SSSR count). The van der Waals surface area contributed by atoms with Gasteiger partial charge in [0.2, 0.25) is 5.34 Å². The van der Waals surface area contributed by atoms with Crippen molar-refractivity contribution in [2.24, 2.45) is 0 Å². The molecule has 0 aromatic heterocycles. The molecule has 0 saturated heterocycles. The summed E-state index contributed by atoms with van der Waals surface area (Å²) in [6.07, 6.45) is 4.71. The van der Waals surface area contributed by atoms with Crippen LogP contribution in [0.4, 0.5) is 0 Å². The van der Waals surface area contributed by atoms with E-state index in [9.17, 15) is 5.11 Å². The first-order valence-electron chi connectivity index (χ1n) is 8.88. The van der Waals surface area contributed by atoms with Crippen LogP contribution in [0.15, 0.2) is 60.7 Å². The van der Waals surface area contributed by atoms with E-state index in [0.29, 0.717) is 13.2 Å². The third kappa shape index (κ3) is 4.88. The van der Waals surface area contributed by atoms with Crippen molar-refractivity contribution in [2.75, 3.05) is 0 Å². The highest BCUT2D eigenvalue weighted by molar-refractivity contribution is 8.20. The van der Waals surface area contributed by atoms with Crippen molar-refractivity contribution < 1.29 is 14.2 Å². The van der Waals surface area contributed by atoms with Crippen LogP contribution in [0.3, 0.4) is 0 Å². The average Bonchev–Trinajstić information content (AvgIpc) is 2.67. The van der Waals surface area contributed by atoms with Gasteiger partial charge in [-0.3, -0.25) is 0 Å². The Hall–Kier alpha value is -0.820. The molecule has 2 aromatic carbocycles. The molecular formula is C20H27O3P2+. The predicted octanol–water partition coefficient (Wildman–Crippen LogP) is 5.71. The lowest BCUT2D eigenvalue weighted by atomic mass is 9.97. The molecule has 1 atom stereocenters. The molecule has 0 aliphatic heterocycles. The van der Waals surface area contributed by atoms with Crippen LogP contribution in [0.25, 0.3) is 0 Å². The second-order valence-corrected chi connectivity index (χ2v) is 11.2. The van der Waals surface area contributed by atoms with Crippen LogP contribution in [-0.2, 0) is 22.3 Å². The summed E-state index contributed by atoms with van der Waals surface area (Å²) in [6.45, 7) is 0.907. The maximum Gasteiger partial charge on any atom is 0.317 e. The minimum Gasteiger partial charge on any atom is -0.353 e. The largest absolute Gasteiger partial charge is 0.353 e. The molecule has 0 amide bonds. The first-order chi connectivity index (χ1) is 12.1.